The predicted molar refractivity (Wildman–Crippen MR) is 62.7 cm³/mol. The van der Waals surface area contributed by atoms with Gasteiger partial charge >= 0.3 is 0 Å². The van der Waals surface area contributed by atoms with Crippen molar-refractivity contribution in [2.45, 2.75) is 32.7 Å². The highest BCUT2D eigenvalue weighted by molar-refractivity contribution is 9.10. The van der Waals surface area contributed by atoms with Crippen molar-refractivity contribution in [1.29, 1.82) is 0 Å². The van der Waals surface area contributed by atoms with E-state index >= 15 is 0 Å². The molecule has 2 nitrogen and oxygen atoms in total. The zero-order chi connectivity index (χ0) is 10.1. The van der Waals surface area contributed by atoms with E-state index in [1.54, 1.807) is 0 Å². The summed E-state index contributed by atoms with van der Waals surface area (Å²) in [5.41, 5.74) is 1.26. The van der Waals surface area contributed by atoms with Crippen LogP contribution >= 0.6 is 15.9 Å². The van der Waals surface area contributed by atoms with Crippen LogP contribution in [0.5, 0.6) is 0 Å². The molecule has 14 heavy (non-hydrogen) atoms. The third-order valence-corrected chi connectivity index (χ3v) is 3.49. The van der Waals surface area contributed by atoms with Crippen LogP contribution in [0, 0.1) is 6.92 Å². The highest BCUT2D eigenvalue weighted by Gasteiger charge is 2.28. The number of pyridine rings is 1. The molecule has 1 heterocycles. The summed E-state index contributed by atoms with van der Waals surface area (Å²) in [4.78, 5) is 6.84. The molecule has 0 saturated heterocycles. The van der Waals surface area contributed by atoms with Crippen molar-refractivity contribution < 1.29 is 0 Å². The second kappa shape index (κ2) is 3.89. The summed E-state index contributed by atoms with van der Waals surface area (Å²) >= 11 is 3.47. The quantitative estimate of drug-likeness (QED) is 0.824. The van der Waals surface area contributed by atoms with Gasteiger partial charge in [-0.2, -0.15) is 0 Å². The van der Waals surface area contributed by atoms with Gasteiger partial charge in [0.25, 0.3) is 0 Å². The Hall–Kier alpha value is -0.570. The van der Waals surface area contributed by atoms with Crippen molar-refractivity contribution in [1.82, 2.24) is 4.98 Å². The molecule has 1 aromatic heterocycles. The number of hydrogen-bond acceptors (Lipinski definition) is 2. The van der Waals surface area contributed by atoms with Crippen molar-refractivity contribution in [3.05, 3.63) is 22.3 Å². The average Bonchev–Trinajstić information content (AvgIpc) is 2.96. The minimum atomic E-state index is 0.744. The van der Waals surface area contributed by atoms with Crippen LogP contribution in [0.3, 0.4) is 0 Å². The third-order valence-electron chi connectivity index (χ3n) is 2.66. The summed E-state index contributed by atoms with van der Waals surface area (Å²) in [5, 5.41) is 0. The van der Waals surface area contributed by atoms with Gasteiger partial charge in [-0.3, -0.25) is 0 Å². The van der Waals surface area contributed by atoms with Crippen LogP contribution in [-0.4, -0.2) is 17.6 Å². The van der Waals surface area contributed by atoms with Gasteiger partial charge in [0.1, 0.15) is 5.82 Å². The molecule has 2 rings (SSSR count). The fourth-order valence-electron chi connectivity index (χ4n) is 1.68. The van der Waals surface area contributed by atoms with E-state index in [2.05, 4.69) is 45.7 Å². The number of hydrogen-bond donors (Lipinski definition) is 0. The number of nitrogens with zero attached hydrogens (tertiary/aromatic N) is 2. The summed E-state index contributed by atoms with van der Waals surface area (Å²) < 4.78 is 1.09. The van der Waals surface area contributed by atoms with E-state index in [0.29, 0.717) is 0 Å². The molecule has 1 fully saturated rings. The second-order valence-electron chi connectivity index (χ2n) is 3.81. The SMILES string of the molecule is CCN(c1cc(C)c(Br)cn1)C1CC1. The summed E-state index contributed by atoms with van der Waals surface area (Å²) in [6, 6.07) is 2.90. The Morgan fingerprint density at radius 3 is 2.79 bits per heavy atom. The molecule has 1 saturated carbocycles. The first-order valence-electron chi connectivity index (χ1n) is 5.11. The Morgan fingerprint density at radius 2 is 2.29 bits per heavy atom. The van der Waals surface area contributed by atoms with Gasteiger partial charge in [0.15, 0.2) is 0 Å². The summed E-state index contributed by atoms with van der Waals surface area (Å²) in [6.45, 7) is 5.35. The molecule has 0 N–H and O–H groups in total. The lowest BCUT2D eigenvalue weighted by Gasteiger charge is -2.21. The Balaban J connectivity index is 2.25. The smallest absolute Gasteiger partial charge is 0.129 e. The molecule has 0 radical (unpaired) electrons. The first-order valence-corrected chi connectivity index (χ1v) is 5.90. The Labute approximate surface area is 93.5 Å². The van der Waals surface area contributed by atoms with Crippen LogP contribution in [0.4, 0.5) is 5.82 Å². The average molecular weight is 255 g/mol. The van der Waals surface area contributed by atoms with Crippen LogP contribution in [0.1, 0.15) is 25.3 Å². The highest BCUT2D eigenvalue weighted by Crippen LogP contribution is 2.31. The van der Waals surface area contributed by atoms with Crippen molar-refractivity contribution in [3.8, 4) is 0 Å². The zero-order valence-electron chi connectivity index (χ0n) is 8.63. The lowest BCUT2D eigenvalue weighted by molar-refractivity contribution is 0.807. The van der Waals surface area contributed by atoms with Gasteiger partial charge < -0.3 is 4.90 Å². The lowest BCUT2D eigenvalue weighted by Crippen LogP contribution is -2.25. The molecular formula is C11H15BrN2. The van der Waals surface area contributed by atoms with Crippen molar-refractivity contribution in [3.63, 3.8) is 0 Å². The number of anilines is 1. The number of aryl methyl sites for hydroxylation is 1. The predicted octanol–water partition coefficient (Wildman–Crippen LogP) is 3.14. The van der Waals surface area contributed by atoms with Gasteiger partial charge in [-0.05, 0) is 54.2 Å². The number of halogens is 1. The molecule has 0 aliphatic heterocycles. The van der Waals surface area contributed by atoms with Crippen LogP contribution in [-0.2, 0) is 0 Å². The zero-order valence-corrected chi connectivity index (χ0v) is 10.2. The first-order chi connectivity index (χ1) is 6.72. The Kier molecular flexibility index (Phi) is 2.77. The molecule has 0 aromatic carbocycles. The van der Waals surface area contributed by atoms with Crippen LogP contribution in [0.15, 0.2) is 16.7 Å². The maximum Gasteiger partial charge on any atom is 0.129 e. The van der Waals surface area contributed by atoms with E-state index in [-0.39, 0.29) is 0 Å². The van der Waals surface area contributed by atoms with Gasteiger partial charge in [-0.15, -0.1) is 0 Å². The Bertz CT molecular complexity index is 334. The van der Waals surface area contributed by atoms with Crippen molar-refractivity contribution in [2.75, 3.05) is 11.4 Å². The Morgan fingerprint density at radius 1 is 1.57 bits per heavy atom. The molecular weight excluding hydrogens is 240 g/mol. The van der Waals surface area contributed by atoms with E-state index in [1.165, 1.54) is 18.4 Å². The molecule has 1 aromatic rings. The molecule has 0 amide bonds. The van der Waals surface area contributed by atoms with Crippen LogP contribution in [0.2, 0.25) is 0 Å². The molecule has 76 valence electrons. The van der Waals surface area contributed by atoms with Crippen molar-refractivity contribution in [2.24, 2.45) is 0 Å². The summed E-state index contributed by atoms with van der Waals surface area (Å²) in [6.07, 6.45) is 4.55. The molecule has 0 spiro atoms. The van der Waals surface area contributed by atoms with Gasteiger partial charge in [0, 0.05) is 23.3 Å². The topological polar surface area (TPSA) is 16.1 Å². The van der Waals surface area contributed by atoms with E-state index in [0.717, 1.165) is 22.9 Å². The lowest BCUT2D eigenvalue weighted by atomic mass is 10.3. The monoisotopic (exact) mass is 254 g/mol. The minimum Gasteiger partial charge on any atom is -0.354 e. The van der Waals surface area contributed by atoms with Gasteiger partial charge in [-0.25, -0.2) is 4.98 Å². The van der Waals surface area contributed by atoms with E-state index < -0.39 is 0 Å². The normalized spacial score (nSPS) is 15.6. The van der Waals surface area contributed by atoms with Gasteiger partial charge in [0.05, 0.1) is 0 Å². The molecule has 0 unspecified atom stereocenters. The number of aromatic nitrogens is 1. The first kappa shape index (κ1) is 9.97. The molecule has 1 aliphatic carbocycles. The van der Waals surface area contributed by atoms with E-state index in [4.69, 9.17) is 0 Å². The molecule has 0 bridgehead atoms. The fourth-order valence-corrected chi connectivity index (χ4v) is 1.89. The summed E-state index contributed by atoms with van der Waals surface area (Å²) in [5.74, 6) is 1.12. The fraction of sp³-hybridized carbons (Fsp3) is 0.545. The van der Waals surface area contributed by atoms with E-state index in [9.17, 15) is 0 Å². The van der Waals surface area contributed by atoms with Gasteiger partial charge in [-0.1, -0.05) is 0 Å². The second-order valence-corrected chi connectivity index (χ2v) is 4.66. The van der Waals surface area contributed by atoms with Crippen LogP contribution in [0.25, 0.3) is 0 Å². The molecule has 1 aliphatic rings. The maximum absolute atomic E-state index is 4.45. The van der Waals surface area contributed by atoms with Gasteiger partial charge in [0.2, 0.25) is 0 Å². The van der Waals surface area contributed by atoms with Crippen LogP contribution < -0.4 is 4.90 Å². The molecule has 0 atom stereocenters. The largest absolute Gasteiger partial charge is 0.354 e. The van der Waals surface area contributed by atoms with Crippen molar-refractivity contribution >= 4 is 21.7 Å². The standard InChI is InChI=1S/C11H15BrN2/c1-3-14(9-4-5-9)11-6-8(2)10(12)7-13-11/h6-7,9H,3-5H2,1-2H3. The summed E-state index contributed by atoms with van der Waals surface area (Å²) in [7, 11) is 0. The van der Waals surface area contributed by atoms with E-state index in [1.807, 2.05) is 6.20 Å². The highest BCUT2D eigenvalue weighted by atomic mass is 79.9. The third kappa shape index (κ3) is 1.92. The minimum absolute atomic E-state index is 0.744. The molecule has 3 heteroatoms. The number of rotatable bonds is 3. The maximum atomic E-state index is 4.45.